The fraction of sp³-hybridized carbons (Fsp3) is 0.133. The standard InChI is InChI=1S/C30H22O16/c31-7-1-11(33)19-15(3-7)45-29(27(43)25(19)41)9-5-13(35)21(37)23(39)17(9)18-10(6-14(36)22(38)24(18)40)30-28(44)26(42)20-12(34)2-8(32)4-16(20)46-30/h1-6,27-40,43-44H/t27-,28+,29+,30-. The molecule has 46 heavy (non-hydrogen) atoms. The summed E-state index contributed by atoms with van der Waals surface area (Å²) in [5.74, 6) is -13.0. The van der Waals surface area contributed by atoms with E-state index in [0.717, 1.165) is 24.3 Å². The number of hydrogen-bond acceptors (Lipinski definition) is 16. The number of phenols is 10. The second kappa shape index (κ2) is 10.1. The lowest BCUT2D eigenvalue weighted by Crippen LogP contribution is -2.37. The molecule has 6 rings (SSSR count). The zero-order chi connectivity index (χ0) is 33.5. The highest BCUT2D eigenvalue weighted by Crippen LogP contribution is 2.57. The van der Waals surface area contributed by atoms with E-state index in [9.17, 15) is 70.9 Å². The molecule has 0 amide bonds. The number of phenolic OH excluding ortho intramolecular Hbond substituents is 10. The third kappa shape index (κ3) is 4.23. The Labute approximate surface area is 255 Å². The molecular formula is C30H22O16. The lowest BCUT2D eigenvalue weighted by molar-refractivity contribution is 0.0202. The summed E-state index contributed by atoms with van der Waals surface area (Å²) >= 11 is 0. The van der Waals surface area contributed by atoms with Gasteiger partial charge in [0.1, 0.15) is 45.6 Å². The predicted molar refractivity (Wildman–Crippen MR) is 149 cm³/mol. The Balaban J connectivity index is 1.63. The van der Waals surface area contributed by atoms with Crippen molar-refractivity contribution in [2.24, 2.45) is 0 Å². The first-order chi connectivity index (χ1) is 21.6. The molecule has 4 atom stereocenters. The quantitative estimate of drug-likeness (QED) is 0.142. The van der Waals surface area contributed by atoms with Gasteiger partial charge in [0.25, 0.3) is 0 Å². The van der Waals surface area contributed by atoms with Gasteiger partial charge in [-0.2, -0.15) is 0 Å². The van der Waals surface area contributed by atoms with Crippen LogP contribution in [0.15, 0.2) is 36.4 Å². The Kier molecular flexibility index (Phi) is 6.57. The zero-order valence-electron chi connectivity index (χ0n) is 22.8. The van der Waals surface area contributed by atoms with Crippen molar-refractivity contribution in [3.8, 4) is 80.1 Å². The Morgan fingerprint density at radius 3 is 1.13 bits per heavy atom. The molecule has 0 aromatic heterocycles. The van der Waals surface area contributed by atoms with Gasteiger partial charge in [0.05, 0.1) is 0 Å². The topological polar surface area (TPSA) is 295 Å². The van der Waals surface area contributed by atoms with Crippen LogP contribution in [-0.2, 0) is 0 Å². The first-order valence-electron chi connectivity index (χ1n) is 13.1. The number of Topliss-reactive ketones (excluding diaryl/α,β-unsaturated/α-hetero) is 2. The summed E-state index contributed by atoms with van der Waals surface area (Å²) in [6.07, 6.45) is -8.36. The normalized spacial score (nSPS) is 20.4. The lowest BCUT2D eigenvalue weighted by atomic mass is 9.83. The highest BCUT2D eigenvalue weighted by molar-refractivity contribution is 6.07. The smallest absolute Gasteiger partial charge is 0.202 e. The molecule has 2 aliphatic rings. The maximum Gasteiger partial charge on any atom is 0.202 e. The average molecular weight is 638 g/mol. The van der Waals surface area contributed by atoms with Crippen LogP contribution in [0.4, 0.5) is 0 Å². The highest BCUT2D eigenvalue weighted by atomic mass is 16.5. The van der Waals surface area contributed by atoms with Crippen molar-refractivity contribution in [1.82, 2.24) is 0 Å². The molecule has 16 nitrogen and oxygen atoms in total. The van der Waals surface area contributed by atoms with Crippen LogP contribution in [0.25, 0.3) is 11.1 Å². The molecule has 0 radical (unpaired) electrons. The summed E-state index contributed by atoms with van der Waals surface area (Å²) in [6.45, 7) is 0. The van der Waals surface area contributed by atoms with Crippen LogP contribution in [0, 0.1) is 0 Å². The van der Waals surface area contributed by atoms with E-state index in [2.05, 4.69) is 0 Å². The Morgan fingerprint density at radius 2 is 0.783 bits per heavy atom. The van der Waals surface area contributed by atoms with Crippen molar-refractivity contribution in [3.05, 3.63) is 58.7 Å². The van der Waals surface area contributed by atoms with Crippen molar-refractivity contribution < 1.29 is 80.3 Å². The van der Waals surface area contributed by atoms with Gasteiger partial charge in [-0.05, 0) is 12.1 Å². The molecule has 0 bridgehead atoms. The molecular weight excluding hydrogens is 616 g/mol. The number of hydrogen-bond donors (Lipinski definition) is 12. The maximum absolute atomic E-state index is 13.1. The van der Waals surface area contributed by atoms with Crippen LogP contribution in [0.3, 0.4) is 0 Å². The van der Waals surface area contributed by atoms with Gasteiger partial charge in [-0.1, -0.05) is 0 Å². The molecule has 0 saturated carbocycles. The minimum Gasteiger partial charge on any atom is -0.508 e. The van der Waals surface area contributed by atoms with Crippen LogP contribution in [-0.4, -0.2) is 85.1 Å². The number of carbonyl (C=O) groups is 2. The largest absolute Gasteiger partial charge is 0.508 e. The summed E-state index contributed by atoms with van der Waals surface area (Å²) in [6, 6.07) is 4.80. The molecule has 0 fully saturated rings. The first-order valence-corrected chi connectivity index (χ1v) is 13.1. The summed E-state index contributed by atoms with van der Waals surface area (Å²) < 4.78 is 11.4. The fourth-order valence-electron chi connectivity index (χ4n) is 5.60. The van der Waals surface area contributed by atoms with E-state index in [0.29, 0.717) is 12.1 Å². The van der Waals surface area contributed by atoms with Gasteiger partial charge in [-0.3, -0.25) is 9.59 Å². The molecule has 0 spiro atoms. The van der Waals surface area contributed by atoms with E-state index >= 15 is 0 Å². The van der Waals surface area contributed by atoms with Gasteiger partial charge < -0.3 is 70.8 Å². The van der Waals surface area contributed by atoms with Crippen LogP contribution in [0.5, 0.6) is 69.0 Å². The van der Waals surface area contributed by atoms with Crippen molar-refractivity contribution in [3.63, 3.8) is 0 Å². The molecule has 238 valence electrons. The maximum atomic E-state index is 13.1. The third-order valence-electron chi connectivity index (χ3n) is 7.68. The van der Waals surface area contributed by atoms with Gasteiger partial charge in [-0.25, -0.2) is 0 Å². The molecule has 2 aliphatic heterocycles. The monoisotopic (exact) mass is 638 g/mol. The molecule has 16 heteroatoms. The van der Waals surface area contributed by atoms with E-state index < -0.39 is 138 Å². The zero-order valence-corrected chi connectivity index (χ0v) is 22.8. The second-order valence-electron chi connectivity index (χ2n) is 10.5. The fourth-order valence-corrected chi connectivity index (χ4v) is 5.60. The van der Waals surface area contributed by atoms with Gasteiger partial charge in [-0.15, -0.1) is 0 Å². The number of carbonyl (C=O) groups excluding carboxylic acids is 2. The van der Waals surface area contributed by atoms with Gasteiger partial charge >= 0.3 is 0 Å². The van der Waals surface area contributed by atoms with Crippen molar-refractivity contribution in [1.29, 1.82) is 0 Å². The number of fused-ring (bicyclic) bond motifs is 2. The van der Waals surface area contributed by atoms with Gasteiger partial charge in [0.2, 0.25) is 23.1 Å². The highest BCUT2D eigenvalue weighted by Gasteiger charge is 2.45. The molecule has 2 heterocycles. The lowest BCUT2D eigenvalue weighted by Gasteiger charge is -2.34. The number of benzene rings is 4. The SMILES string of the molecule is O=C1c2c(O)cc(O)cc2O[C@@H](c2cc(O)c(O)c(O)c2-c2c([C@H]3Oc4cc(O)cc(O)c4C(=O)[C@@H]3O)cc(O)c(O)c2O)[C@@H]1O. The number of ketones is 2. The average Bonchev–Trinajstić information content (AvgIpc) is 2.98. The first kappa shape index (κ1) is 29.8. The molecule has 4 aromatic carbocycles. The molecule has 4 aromatic rings. The van der Waals surface area contributed by atoms with E-state index in [1.807, 2.05) is 0 Å². The number of aliphatic hydroxyl groups excluding tert-OH is 2. The molecule has 12 N–H and O–H groups in total. The summed E-state index contributed by atoms with van der Waals surface area (Å²) in [5.41, 5.74) is -3.84. The summed E-state index contributed by atoms with van der Waals surface area (Å²) in [5, 5.41) is 126. The summed E-state index contributed by atoms with van der Waals surface area (Å²) in [7, 11) is 0. The minimum atomic E-state index is -2.22. The van der Waals surface area contributed by atoms with Crippen LogP contribution in [0.1, 0.15) is 44.1 Å². The molecule has 0 unspecified atom stereocenters. The molecule has 0 aliphatic carbocycles. The van der Waals surface area contributed by atoms with Crippen LogP contribution >= 0.6 is 0 Å². The van der Waals surface area contributed by atoms with E-state index in [1.165, 1.54) is 0 Å². The Bertz CT molecular complexity index is 1860. The number of aromatic hydroxyl groups is 10. The van der Waals surface area contributed by atoms with Crippen LogP contribution in [0.2, 0.25) is 0 Å². The van der Waals surface area contributed by atoms with Crippen LogP contribution < -0.4 is 9.47 Å². The van der Waals surface area contributed by atoms with Crippen molar-refractivity contribution in [2.45, 2.75) is 24.4 Å². The predicted octanol–water partition coefficient (Wildman–Crippen LogP) is 1.76. The second-order valence-corrected chi connectivity index (χ2v) is 10.5. The number of ether oxygens (including phenoxy) is 2. The number of rotatable bonds is 3. The van der Waals surface area contributed by atoms with Gasteiger partial charge in [0, 0.05) is 46.5 Å². The third-order valence-corrected chi connectivity index (χ3v) is 7.68. The Hall–Kier alpha value is -6.26. The summed E-state index contributed by atoms with van der Waals surface area (Å²) in [4.78, 5) is 26.3. The van der Waals surface area contributed by atoms with Gasteiger partial charge in [0.15, 0.2) is 47.4 Å². The van der Waals surface area contributed by atoms with E-state index in [1.54, 1.807) is 0 Å². The number of aliphatic hydroxyl groups is 2. The van der Waals surface area contributed by atoms with E-state index in [-0.39, 0.29) is 0 Å². The molecule has 0 saturated heterocycles. The Morgan fingerprint density at radius 1 is 0.435 bits per heavy atom. The van der Waals surface area contributed by atoms with Crippen molar-refractivity contribution >= 4 is 11.6 Å². The minimum absolute atomic E-state index is 0.471. The van der Waals surface area contributed by atoms with E-state index in [4.69, 9.17) is 9.47 Å². The van der Waals surface area contributed by atoms with Crippen molar-refractivity contribution in [2.75, 3.05) is 0 Å².